The van der Waals surface area contributed by atoms with Crippen molar-refractivity contribution in [2.45, 2.75) is 18.6 Å². The molecule has 2 aliphatic rings. The van der Waals surface area contributed by atoms with Crippen LogP contribution in [0.4, 0.5) is 0 Å². The van der Waals surface area contributed by atoms with Crippen LogP contribution in [-0.4, -0.2) is 22.5 Å². The van der Waals surface area contributed by atoms with Gasteiger partial charge in [-0.25, -0.2) is 0 Å². The van der Waals surface area contributed by atoms with Crippen molar-refractivity contribution in [2.24, 2.45) is 5.92 Å². The van der Waals surface area contributed by atoms with Crippen LogP contribution in [0.2, 0.25) is 5.02 Å². The number of fused-ring (bicyclic) bond motifs is 1. The highest BCUT2D eigenvalue weighted by molar-refractivity contribution is 6.30. The monoisotopic (exact) mass is 313 g/mol. The Labute approximate surface area is 134 Å². The van der Waals surface area contributed by atoms with Gasteiger partial charge in [-0.3, -0.25) is 4.79 Å². The van der Waals surface area contributed by atoms with Gasteiger partial charge in [-0.15, -0.1) is 0 Å². The molecule has 4 rings (SSSR count). The molecular weight excluding hydrogens is 298 g/mol. The third-order valence-electron chi connectivity index (χ3n) is 4.55. The Morgan fingerprint density at radius 2 is 1.82 bits per heavy atom. The lowest BCUT2D eigenvalue weighted by Crippen LogP contribution is -2.45. The Hall–Kier alpha value is -1.84. The number of carbonyl (C=O) groups excluding carboxylic acids is 1. The van der Waals surface area contributed by atoms with Gasteiger partial charge in [0.15, 0.2) is 5.72 Å². The zero-order valence-corrected chi connectivity index (χ0v) is 12.8. The molecule has 1 N–H and O–H groups in total. The van der Waals surface area contributed by atoms with Gasteiger partial charge in [-0.05, 0) is 37.0 Å². The highest BCUT2D eigenvalue weighted by atomic mass is 35.5. The van der Waals surface area contributed by atoms with Gasteiger partial charge >= 0.3 is 0 Å². The number of hydrogen-bond acceptors (Lipinski definition) is 2. The molecule has 4 heteroatoms. The van der Waals surface area contributed by atoms with E-state index in [4.69, 9.17) is 11.6 Å². The van der Waals surface area contributed by atoms with E-state index in [1.54, 1.807) is 35.2 Å². The van der Waals surface area contributed by atoms with E-state index in [1.807, 2.05) is 18.2 Å². The number of benzene rings is 2. The molecule has 3 nitrogen and oxygen atoms in total. The summed E-state index contributed by atoms with van der Waals surface area (Å²) in [6.45, 7) is 0.590. The first-order chi connectivity index (χ1) is 10.6. The number of hydrogen-bond donors (Lipinski definition) is 1. The molecule has 1 aliphatic carbocycles. The minimum atomic E-state index is -1.40. The van der Waals surface area contributed by atoms with Crippen molar-refractivity contribution in [3.63, 3.8) is 0 Å². The summed E-state index contributed by atoms with van der Waals surface area (Å²) in [6.07, 6.45) is 2.24. The molecule has 2 aromatic rings. The maximum Gasteiger partial charge on any atom is 0.257 e. The lowest BCUT2D eigenvalue weighted by molar-refractivity contribution is -0.0518. The first-order valence-corrected chi connectivity index (χ1v) is 7.88. The van der Waals surface area contributed by atoms with E-state index in [1.165, 1.54) is 0 Å². The fourth-order valence-electron chi connectivity index (χ4n) is 3.18. The summed E-state index contributed by atoms with van der Waals surface area (Å²) < 4.78 is 0. The SMILES string of the molecule is O=C1c2ccccc2C(O)(c2ccc(Cl)cc2)N1CC1CC1. The van der Waals surface area contributed by atoms with Crippen LogP contribution >= 0.6 is 11.6 Å². The molecule has 1 atom stereocenters. The Morgan fingerprint density at radius 3 is 2.50 bits per heavy atom. The van der Waals surface area contributed by atoms with Crippen molar-refractivity contribution in [1.82, 2.24) is 4.90 Å². The predicted octanol–water partition coefficient (Wildman–Crippen LogP) is 3.40. The van der Waals surface area contributed by atoms with Crippen LogP contribution < -0.4 is 0 Å². The smallest absolute Gasteiger partial charge is 0.257 e. The maximum atomic E-state index is 12.8. The van der Waals surface area contributed by atoms with Crippen LogP contribution in [0.25, 0.3) is 0 Å². The standard InChI is InChI=1S/C18H16ClNO2/c19-14-9-7-13(8-10-14)18(22)16-4-2-1-3-15(16)17(21)20(18)11-12-5-6-12/h1-4,7-10,12,22H,5-6,11H2. The fourth-order valence-corrected chi connectivity index (χ4v) is 3.30. The highest BCUT2D eigenvalue weighted by Gasteiger charge is 2.50. The molecule has 1 amide bonds. The number of halogens is 1. The van der Waals surface area contributed by atoms with Gasteiger partial charge < -0.3 is 10.0 Å². The second-order valence-electron chi connectivity index (χ2n) is 6.08. The number of rotatable bonds is 3. The zero-order chi connectivity index (χ0) is 15.3. The molecule has 0 saturated heterocycles. The molecule has 1 heterocycles. The Bertz CT molecular complexity index is 739. The molecule has 0 bridgehead atoms. The molecule has 1 saturated carbocycles. The van der Waals surface area contributed by atoms with Crippen molar-refractivity contribution >= 4 is 17.5 Å². The van der Waals surface area contributed by atoms with E-state index in [0.717, 1.165) is 12.8 Å². The average molecular weight is 314 g/mol. The molecule has 0 radical (unpaired) electrons. The van der Waals surface area contributed by atoms with Crippen LogP contribution in [0.3, 0.4) is 0 Å². The average Bonchev–Trinajstić information content (AvgIpc) is 3.33. The van der Waals surface area contributed by atoms with Gasteiger partial charge in [0.25, 0.3) is 5.91 Å². The summed E-state index contributed by atoms with van der Waals surface area (Å²) in [6, 6.07) is 14.4. The quantitative estimate of drug-likeness (QED) is 0.943. The van der Waals surface area contributed by atoms with Gasteiger partial charge in [0.05, 0.1) is 0 Å². The number of nitrogens with zero attached hydrogens (tertiary/aromatic N) is 1. The predicted molar refractivity (Wildman–Crippen MR) is 84.7 cm³/mol. The highest BCUT2D eigenvalue weighted by Crippen LogP contribution is 2.44. The Kier molecular flexibility index (Phi) is 3.03. The molecule has 112 valence electrons. The normalized spacial score (nSPS) is 23.7. The second kappa shape index (κ2) is 4.83. The van der Waals surface area contributed by atoms with Crippen LogP contribution in [0.15, 0.2) is 48.5 Å². The molecule has 1 unspecified atom stereocenters. The minimum absolute atomic E-state index is 0.0973. The number of carbonyl (C=O) groups is 1. The summed E-state index contributed by atoms with van der Waals surface area (Å²) in [5.41, 5.74) is 0.514. The van der Waals surface area contributed by atoms with Crippen LogP contribution in [0.5, 0.6) is 0 Å². The minimum Gasteiger partial charge on any atom is -0.363 e. The van der Waals surface area contributed by atoms with Gasteiger partial charge in [0.2, 0.25) is 0 Å². The van der Waals surface area contributed by atoms with E-state index in [9.17, 15) is 9.90 Å². The van der Waals surface area contributed by atoms with E-state index in [0.29, 0.717) is 34.2 Å². The van der Waals surface area contributed by atoms with Gasteiger partial charge in [0, 0.05) is 28.3 Å². The molecule has 2 aromatic carbocycles. The zero-order valence-electron chi connectivity index (χ0n) is 12.0. The molecular formula is C18H16ClNO2. The number of aliphatic hydroxyl groups is 1. The third kappa shape index (κ3) is 1.97. The lowest BCUT2D eigenvalue weighted by Gasteiger charge is -2.35. The Morgan fingerprint density at radius 1 is 1.14 bits per heavy atom. The molecule has 0 aromatic heterocycles. The van der Waals surface area contributed by atoms with Crippen LogP contribution in [-0.2, 0) is 5.72 Å². The van der Waals surface area contributed by atoms with E-state index in [2.05, 4.69) is 0 Å². The number of amides is 1. The third-order valence-corrected chi connectivity index (χ3v) is 4.81. The fraction of sp³-hybridized carbons (Fsp3) is 0.278. The van der Waals surface area contributed by atoms with Gasteiger partial charge in [-0.1, -0.05) is 41.9 Å². The van der Waals surface area contributed by atoms with E-state index >= 15 is 0 Å². The van der Waals surface area contributed by atoms with Crippen LogP contribution in [0, 0.1) is 5.92 Å². The summed E-state index contributed by atoms with van der Waals surface area (Å²) >= 11 is 5.96. The molecule has 0 spiro atoms. The summed E-state index contributed by atoms with van der Waals surface area (Å²) in [7, 11) is 0. The summed E-state index contributed by atoms with van der Waals surface area (Å²) in [5, 5.41) is 12.1. The Balaban J connectivity index is 1.88. The largest absolute Gasteiger partial charge is 0.363 e. The summed E-state index contributed by atoms with van der Waals surface area (Å²) in [5.74, 6) is 0.400. The first kappa shape index (κ1) is 13.8. The maximum absolute atomic E-state index is 12.8. The second-order valence-corrected chi connectivity index (χ2v) is 6.52. The lowest BCUT2D eigenvalue weighted by atomic mass is 9.94. The summed E-state index contributed by atoms with van der Waals surface area (Å²) in [4.78, 5) is 14.4. The van der Waals surface area contributed by atoms with Crippen molar-refractivity contribution in [2.75, 3.05) is 6.54 Å². The van der Waals surface area contributed by atoms with Crippen LogP contribution in [0.1, 0.15) is 34.3 Å². The van der Waals surface area contributed by atoms with Crippen molar-refractivity contribution in [3.05, 3.63) is 70.2 Å². The van der Waals surface area contributed by atoms with Crippen molar-refractivity contribution in [1.29, 1.82) is 0 Å². The van der Waals surface area contributed by atoms with Gasteiger partial charge in [0.1, 0.15) is 0 Å². The molecule has 22 heavy (non-hydrogen) atoms. The van der Waals surface area contributed by atoms with E-state index in [-0.39, 0.29) is 5.91 Å². The topological polar surface area (TPSA) is 40.5 Å². The van der Waals surface area contributed by atoms with Crippen molar-refractivity contribution in [3.8, 4) is 0 Å². The first-order valence-electron chi connectivity index (χ1n) is 7.50. The van der Waals surface area contributed by atoms with Crippen molar-refractivity contribution < 1.29 is 9.90 Å². The van der Waals surface area contributed by atoms with E-state index < -0.39 is 5.72 Å². The molecule has 1 fully saturated rings. The van der Waals surface area contributed by atoms with Gasteiger partial charge in [-0.2, -0.15) is 0 Å². The molecule has 1 aliphatic heterocycles.